The van der Waals surface area contributed by atoms with Crippen molar-refractivity contribution in [3.63, 3.8) is 0 Å². The number of hydrogen-bond acceptors (Lipinski definition) is 6. The van der Waals surface area contributed by atoms with Gasteiger partial charge in [0.1, 0.15) is 11.6 Å². The summed E-state index contributed by atoms with van der Waals surface area (Å²) in [5.41, 5.74) is 0.684. The summed E-state index contributed by atoms with van der Waals surface area (Å²) in [5.74, 6) is 1.14. The summed E-state index contributed by atoms with van der Waals surface area (Å²) < 4.78 is 16.4. The van der Waals surface area contributed by atoms with Crippen LogP contribution in [0.4, 0.5) is 0 Å². The molecule has 0 saturated carbocycles. The Bertz CT molecular complexity index is 846. The van der Waals surface area contributed by atoms with Crippen molar-refractivity contribution < 1.29 is 18.5 Å². The fourth-order valence-corrected chi connectivity index (χ4v) is 3.18. The molecule has 130 valence electrons. The molecule has 7 nitrogen and oxygen atoms in total. The normalized spacial score (nSPS) is 16.8. The molecule has 1 saturated heterocycles. The van der Waals surface area contributed by atoms with Gasteiger partial charge in [0.25, 0.3) is 5.91 Å². The van der Waals surface area contributed by atoms with Crippen molar-refractivity contribution in [2.45, 2.75) is 25.8 Å². The van der Waals surface area contributed by atoms with E-state index in [1.165, 1.54) is 0 Å². The lowest BCUT2D eigenvalue weighted by atomic mass is 9.91. The standard InChI is InChI=1S/C18H19N3O4/c1-11-19-18(25-21-11)16(12-6-8-23-9-7-12)20-17(22)15-10-13-4-2-3-5-14(13)24-15/h2-5,10,12,16H,6-9H2,1H3,(H,20,22)/t16-/m0/s1. The smallest absolute Gasteiger partial charge is 0.287 e. The van der Waals surface area contributed by atoms with Gasteiger partial charge in [-0.05, 0) is 37.8 Å². The molecule has 0 spiro atoms. The number of benzene rings is 1. The van der Waals surface area contributed by atoms with Crippen LogP contribution in [0.3, 0.4) is 0 Å². The van der Waals surface area contributed by atoms with Gasteiger partial charge < -0.3 is 19.0 Å². The third-order valence-corrected chi connectivity index (χ3v) is 4.48. The summed E-state index contributed by atoms with van der Waals surface area (Å²) in [4.78, 5) is 17.0. The maximum atomic E-state index is 12.7. The van der Waals surface area contributed by atoms with E-state index >= 15 is 0 Å². The van der Waals surface area contributed by atoms with Crippen molar-refractivity contribution in [1.82, 2.24) is 15.5 Å². The Morgan fingerprint density at radius 3 is 2.80 bits per heavy atom. The topological polar surface area (TPSA) is 90.4 Å². The van der Waals surface area contributed by atoms with E-state index in [0.717, 1.165) is 18.2 Å². The molecule has 0 aliphatic carbocycles. The second kappa shape index (κ2) is 6.68. The van der Waals surface area contributed by atoms with Gasteiger partial charge in [-0.2, -0.15) is 4.98 Å². The third kappa shape index (κ3) is 3.28. The number of carbonyl (C=O) groups is 1. The fraction of sp³-hybridized carbons (Fsp3) is 0.389. The Kier molecular flexibility index (Phi) is 4.23. The van der Waals surface area contributed by atoms with E-state index in [1.54, 1.807) is 13.0 Å². The largest absolute Gasteiger partial charge is 0.451 e. The van der Waals surface area contributed by atoms with E-state index in [0.29, 0.717) is 30.5 Å². The number of aryl methyl sites for hydroxylation is 1. The van der Waals surface area contributed by atoms with Gasteiger partial charge in [-0.15, -0.1) is 0 Å². The summed E-state index contributed by atoms with van der Waals surface area (Å²) in [6.07, 6.45) is 1.65. The zero-order valence-electron chi connectivity index (χ0n) is 13.9. The number of hydrogen-bond donors (Lipinski definition) is 1. The highest BCUT2D eigenvalue weighted by atomic mass is 16.5. The number of rotatable bonds is 4. The maximum Gasteiger partial charge on any atom is 0.287 e. The molecule has 1 aromatic carbocycles. The highest BCUT2D eigenvalue weighted by Gasteiger charge is 2.32. The van der Waals surface area contributed by atoms with Gasteiger partial charge in [0.05, 0.1) is 0 Å². The monoisotopic (exact) mass is 341 g/mol. The van der Waals surface area contributed by atoms with Gasteiger partial charge in [-0.3, -0.25) is 4.79 Å². The van der Waals surface area contributed by atoms with Crippen LogP contribution in [0, 0.1) is 12.8 Å². The molecule has 2 aromatic heterocycles. The van der Waals surface area contributed by atoms with E-state index in [9.17, 15) is 4.79 Å². The Hall–Kier alpha value is -2.67. The lowest BCUT2D eigenvalue weighted by Crippen LogP contribution is -2.36. The van der Waals surface area contributed by atoms with Gasteiger partial charge in [-0.25, -0.2) is 0 Å². The molecule has 0 bridgehead atoms. The molecule has 3 aromatic rings. The Morgan fingerprint density at radius 1 is 1.28 bits per heavy atom. The summed E-state index contributed by atoms with van der Waals surface area (Å²) in [5, 5.41) is 7.76. The van der Waals surface area contributed by atoms with Crippen LogP contribution in [0.25, 0.3) is 11.0 Å². The van der Waals surface area contributed by atoms with Gasteiger partial charge >= 0.3 is 0 Å². The first-order valence-corrected chi connectivity index (χ1v) is 8.38. The average molecular weight is 341 g/mol. The SMILES string of the molecule is Cc1noc([C@@H](NC(=O)c2cc3ccccc3o2)C2CCOCC2)n1. The van der Waals surface area contributed by atoms with Crippen LogP contribution in [-0.2, 0) is 4.74 Å². The Labute approximate surface area is 144 Å². The van der Waals surface area contributed by atoms with Gasteiger partial charge in [0.2, 0.25) is 5.89 Å². The Balaban J connectivity index is 1.59. The van der Waals surface area contributed by atoms with Crippen LogP contribution < -0.4 is 5.32 Å². The molecule has 1 amide bonds. The van der Waals surface area contributed by atoms with Crippen LogP contribution >= 0.6 is 0 Å². The Morgan fingerprint density at radius 2 is 2.08 bits per heavy atom. The molecule has 25 heavy (non-hydrogen) atoms. The van der Waals surface area contributed by atoms with Crippen LogP contribution in [0.15, 0.2) is 39.3 Å². The molecule has 0 radical (unpaired) electrons. The fourth-order valence-electron chi connectivity index (χ4n) is 3.18. The minimum absolute atomic E-state index is 0.182. The first-order valence-electron chi connectivity index (χ1n) is 8.38. The van der Waals surface area contributed by atoms with Crippen molar-refractivity contribution in [2.24, 2.45) is 5.92 Å². The molecule has 1 fully saturated rings. The van der Waals surface area contributed by atoms with E-state index < -0.39 is 0 Å². The molecule has 7 heteroatoms. The van der Waals surface area contributed by atoms with Crippen molar-refractivity contribution >= 4 is 16.9 Å². The molecular formula is C18H19N3O4. The first kappa shape index (κ1) is 15.8. The molecule has 1 N–H and O–H groups in total. The maximum absolute atomic E-state index is 12.7. The van der Waals surface area contributed by atoms with Crippen molar-refractivity contribution in [2.75, 3.05) is 13.2 Å². The van der Waals surface area contributed by atoms with Crippen molar-refractivity contribution in [3.8, 4) is 0 Å². The molecule has 1 aliphatic heterocycles. The number of carbonyl (C=O) groups excluding carboxylic acids is 1. The zero-order valence-corrected chi connectivity index (χ0v) is 13.9. The predicted molar refractivity (Wildman–Crippen MR) is 89.0 cm³/mol. The molecule has 1 aliphatic rings. The summed E-state index contributed by atoms with van der Waals surface area (Å²) in [6, 6.07) is 8.91. The summed E-state index contributed by atoms with van der Waals surface area (Å²) in [7, 11) is 0. The molecule has 1 atom stereocenters. The van der Waals surface area contributed by atoms with Crippen LogP contribution in [0.1, 0.15) is 41.2 Å². The molecule has 3 heterocycles. The van der Waals surface area contributed by atoms with E-state index in [-0.39, 0.29) is 23.6 Å². The second-order valence-corrected chi connectivity index (χ2v) is 6.23. The number of nitrogens with one attached hydrogen (secondary N) is 1. The summed E-state index contributed by atoms with van der Waals surface area (Å²) in [6.45, 7) is 3.08. The lowest BCUT2D eigenvalue weighted by molar-refractivity contribution is 0.0463. The first-order chi connectivity index (χ1) is 12.2. The quantitative estimate of drug-likeness (QED) is 0.784. The molecule has 0 unspecified atom stereocenters. The van der Waals surface area contributed by atoms with Gasteiger partial charge in [0.15, 0.2) is 11.6 Å². The average Bonchev–Trinajstić information content (AvgIpc) is 3.26. The summed E-state index contributed by atoms with van der Waals surface area (Å²) >= 11 is 0. The number of nitrogens with zero attached hydrogens (tertiary/aromatic N) is 2. The van der Waals surface area contributed by atoms with E-state index in [2.05, 4.69) is 15.5 Å². The van der Waals surface area contributed by atoms with E-state index in [1.807, 2.05) is 24.3 Å². The van der Waals surface area contributed by atoms with Gasteiger partial charge in [0, 0.05) is 18.6 Å². The van der Waals surface area contributed by atoms with Crippen LogP contribution in [-0.4, -0.2) is 29.3 Å². The number of para-hydroxylation sites is 1. The lowest BCUT2D eigenvalue weighted by Gasteiger charge is -2.28. The highest BCUT2D eigenvalue weighted by Crippen LogP contribution is 2.30. The van der Waals surface area contributed by atoms with Crippen LogP contribution in [0.5, 0.6) is 0 Å². The van der Waals surface area contributed by atoms with Crippen LogP contribution in [0.2, 0.25) is 0 Å². The second-order valence-electron chi connectivity index (χ2n) is 6.23. The van der Waals surface area contributed by atoms with Crippen molar-refractivity contribution in [1.29, 1.82) is 0 Å². The zero-order chi connectivity index (χ0) is 17.2. The van der Waals surface area contributed by atoms with Gasteiger partial charge in [-0.1, -0.05) is 23.4 Å². The third-order valence-electron chi connectivity index (χ3n) is 4.48. The highest BCUT2D eigenvalue weighted by molar-refractivity contribution is 5.96. The number of fused-ring (bicyclic) bond motifs is 1. The predicted octanol–water partition coefficient (Wildman–Crippen LogP) is 3.02. The number of aromatic nitrogens is 2. The van der Waals surface area contributed by atoms with E-state index in [4.69, 9.17) is 13.7 Å². The number of ether oxygens (including phenoxy) is 1. The number of amides is 1. The minimum Gasteiger partial charge on any atom is -0.451 e. The minimum atomic E-state index is -0.356. The molecule has 4 rings (SSSR count). The number of furan rings is 1. The molecular weight excluding hydrogens is 322 g/mol. The van der Waals surface area contributed by atoms with Crippen molar-refractivity contribution in [3.05, 3.63) is 47.8 Å².